The summed E-state index contributed by atoms with van der Waals surface area (Å²) in [5.41, 5.74) is 8.20. The lowest BCUT2D eigenvalue weighted by atomic mass is 10.1. The number of hydrogen-bond donors (Lipinski definition) is 1. The number of anilines is 1. The Morgan fingerprint density at radius 3 is 2.34 bits per heavy atom. The van der Waals surface area contributed by atoms with E-state index in [1.54, 1.807) is 23.0 Å². The van der Waals surface area contributed by atoms with Gasteiger partial charge in [-0.15, -0.1) is 11.3 Å². The number of aromatic nitrogens is 3. The average Bonchev–Trinajstić information content (AvgIpc) is 3.49. The van der Waals surface area contributed by atoms with E-state index >= 15 is 0 Å². The van der Waals surface area contributed by atoms with Crippen LogP contribution in [0.5, 0.6) is 0 Å². The number of nitrogens with one attached hydrogen (secondary N) is 1. The van der Waals surface area contributed by atoms with Crippen LogP contribution in [0.2, 0.25) is 0 Å². The van der Waals surface area contributed by atoms with Crippen LogP contribution in [0.4, 0.5) is 9.52 Å². The molecule has 0 fully saturated rings. The summed E-state index contributed by atoms with van der Waals surface area (Å²) in [5, 5.41) is 11.8. The third-order valence-corrected chi connectivity index (χ3v) is 5.57. The van der Waals surface area contributed by atoms with Crippen LogP contribution in [-0.4, -0.2) is 21.0 Å². The van der Waals surface area contributed by atoms with E-state index in [1.807, 2.05) is 72.2 Å². The summed E-state index contributed by atoms with van der Waals surface area (Å²) in [6.07, 6.45) is 3.60. The fourth-order valence-corrected chi connectivity index (χ4v) is 3.92. The van der Waals surface area contributed by atoms with Crippen molar-refractivity contribution >= 4 is 22.7 Å². The van der Waals surface area contributed by atoms with Crippen LogP contribution in [0.3, 0.4) is 0 Å². The van der Waals surface area contributed by atoms with Crippen molar-refractivity contribution in [2.45, 2.75) is 0 Å². The Balaban J connectivity index is 1.42. The van der Waals surface area contributed by atoms with E-state index in [0.717, 1.165) is 28.1 Å². The second-order valence-corrected chi connectivity index (χ2v) is 7.85. The fraction of sp³-hybridized carbons (Fsp3) is 0. The molecular formula is C25H18FN5S. The van der Waals surface area contributed by atoms with Gasteiger partial charge >= 0.3 is 0 Å². The Morgan fingerprint density at radius 1 is 0.875 bits per heavy atom. The lowest BCUT2D eigenvalue weighted by Crippen LogP contribution is -1.94. The molecule has 5 nitrogen and oxygen atoms in total. The third kappa shape index (κ3) is 4.33. The van der Waals surface area contributed by atoms with Crippen molar-refractivity contribution in [1.82, 2.24) is 14.8 Å². The third-order valence-electron chi connectivity index (χ3n) is 4.82. The van der Waals surface area contributed by atoms with Gasteiger partial charge in [0, 0.05) is 28.3 Å². The van der Waals surface area contributed by atoms with Gasteiger partial charge in [-0.25, -0.2) is 14.1 Å². The standard InChI is InChI=1S/C25H18FN5S/c26-21-13-11-19(12-14-21)24-20(16-31(30-24)22-9-5-2-6-10-22)15-27-29-25-28-23(17-32-25)18-7-3-1-4-8-18/h1-17H,(H,28,29)/b27-15+. The molecule has 0 atom stereocenters. The minimum Gasteiger partial charge on any atom is -0.253 e. The zero-order valence-electron chi connectivity index (χ0n) is 16.9. The van der Waals surface area contributed by atoms with Gasteiger partial charge in [0.05, 0.1) is 17.6 Å². The summed E-state index contributed by atoms with van der Waals surface area (Å²) in [5.74, 6) is -0.286. The maximum atomic E-state index is 13.4. The van der Waals surface area contributed by atoms with Gasteiger partial charge in [0.25, 0.3) is 0 Å². The van der Waals surface area contributed by atoms with Crippen LogP contribution in [0.15, 0.2) is 102 Å². The van der Waals surface area contributed by atoms with Gasteiger partial charge in [0.15, 0.2) is 0 Å². The number of nitrogens with zero attached hydrogens (tertiary/aromatic N) is 4. The molecule has 0 aliphatic carbocycles. The van der Waals surface area contributed by atoms with Gasteiger partial charge in [0.2, 0.25) is 5.13 Å². The second-order valence-electron chi connectivity index (χ2n) is 6.99. The number of halogens is 1. The van der Waals surface area contributed by atoms with Gasteiger partial charge < -0.3 is 0 Å². The molecule has 2 aromatic heterocycles. The number of hydrazone groups is 1. The second kappa shape index (κ2) is 8.95. The van der Waals surface area contributed by atoms with E-state index in [4.69, 9.17) is 5.10 Å². The summed E-state index contributed by atoms with van der Waals surface area (Å²) < 4.78 is 15.2. The van der Waals surface area contributed by atoms with Crippen molar-refractivity contribution in [1.29, 1.82) is 0 Å². The fourth-order valence-electron chi connectivity index (χ4n) is 3.25. The smallest absolute Gasteiger partial charge is 0.203 e. The quantitative estimate of drug-likeness (QED) is 0.251. The Hall–Kier alpha value is -4.10. The molecule has 0 bridgehead atoms. The maximum absolute atomic E-state index is 13.4. The van der Waals surface area contributed by atoms with E-state index in [0.29, 0.717) is 10.8 Å². The lowest BCUT2D eigenvalue weighted by Gasteiger charge is -2.00. The summed E-state index contributed by atoms with van der Waals surface area (Å²) in [4.78, 5) is 4.59. The van der Waals surface area contributed by atoms with Crippen molar-refractivity contribution < 1.29 is 4.39 Å². The minimum atomic E-state index is -0.286. The highest BCUT2D eigenvalue weighted by molar-refractivity contribution is 7.14. The molecule has 0 spiro atoms. The first kappa shape index (κ1) is 19.8. The highest BCUT2D eigenvalue weighted by Crippen LogP contribution is 2.25. The number of benzene rings is 3. The van der Waals surface area contributed by atoms with Crippen LogP contribution in [0.25, 0.3) is 28.2 Å². The van der Waals surface area contributed by atoms with Gasteiger partial charge in [-0.05, 0) is 36.4 Å². The largest absolute Gasteiger partial charge is 0.253 e. The van der Waals surface area contributed by atoms with Gasteiger partial charge in [-0.2, -0.15) is 10.2 Å². The van der Waals surface area contributed by atoms with E-state index in [-0.39, 0.29) is 5.82 Å². The van der Waals surface area contributed by atoms with Crippen LogP contribution in [0.1, 0.15) is 5.56 Å². The van der Waals surface area contributed by atoms with E-state index in [9.17, 15) is 4.39 Å². The topological polar surface area (TPSA) is 55.1 Å². The van der Waals surface area contributed by atoms with Gasteiger partial charge in [0.1, 0.15) is 11.5 Å². The van der Waals surface area contributed by atoms with Crippen molar-refractivity contribution in [2.24, 2.45) is 5.10 Å². The molecule has 5 rings (SSSR count). The normalized spacial score (nSPS) is 11.2. The molecule has 0 saturated carbocycles. The molecule has 5 aromatic rings. The number of para-hydroxylation sites is 1. The summed E-state index contributed by atoms with van der Waals surface area (Å²) >= 11 is 1.49. The molecule has 7 heteroatoms. The minimum absolute atomic E-state index is 0.286. The molecule has 1 N–H and O–H groups in total. The predicted molar refractivity (Wildman–Crippen MR) is 128 cm³/mol. The molecule has 0 amide bonds. The molecule has 0 aliphatic heterocycles. The van der Waals surface area contributed by atoms with Gasteiger partial charge in [-0.1, -0.05) is 48.5 Å². The summed E-state index contributed by atoms with van der Waals surface area (Å²) in [7, 11) is 0. The molecule has 0 saturated heterocycles. The number of hydrogen-bond acceptors (Lipinski definition) is 5. The SMILES string of the molecule is Fc1ccc(-c2nn(-c3ccccc3)cc2/C=N/Nc2nc(-c3ccccc3)cs2)cc1. The van der Waals surface area contributed by atoms with E-state index in [1.165, 1.54) is 23.5 Å². The first-order valence-corrected chi connectivity index (χ1v) is 10.9. The molecule has 32 heavy (non-hydrogen) atoms. The van der Waals surface area contributed by atoms with Crippen LogP contribution in [-0.2, 0) is 0 Å². The van der Waals surface area contributed by atoms with E-state index < -0.39 is 0 Å². The summed E-state index contributed by atoms with van der Waals surface area (Å²) in [6.45, 7) is 0. The highest BCUT2D eigenvalue weighted by atomic mass is 32.1. The van der Waals surface area contributed by atoms with Crippen LogP contribution < -0.4 is 5.43 Å². The molecule has 2 heterocycles. The predicted octanol–water partition coefficient (Wildman–Crippen LogP) is 6.25. The van der Waals surface area contributed by atoms with Crippen molar-refractivity contribution in [2.75, 3.05) is 5.43 Å². The monoisotopic (exact) mass is 439 g/mol. The zero-order valence-corrected chi connectivity index (χ0v) is 17.7. The first-order valence-electron chi connectivity index (χ1n) is 9.97. The number of rotatable bonds is 6. The highest BCUT2D eigenvalue weighted by Gasteiger charge is 2.11. The van der Waals surface area contributed by atoms with Crippen molar-refractivity contribution in [3.63, 3.8) is 0 Å². The Morgan fingerprint density at radius 2 is 1.59 bits per heavy atom. The molecule has 0 aliphatic rings. The Kier molecular flexibility index (Phi) is 5.55. The lowest BCUT2D eigenvalue weighted by molar-refractivity contribution is 0.628. The molecule has 156 valence electrons. The molecule has 0 radical (unpaired) electrons. The van der Waals surface area contributed by atoms with Gasteiger partial charge in [-0.3, -0.25) is 5.43 Å². The Labute approximate surface area is 188 Å². The Bertz CT molecular complexity index is 1340. The van der Waals surface area contributed by atoms with Crippen LogP contribution in [0, 0.1) is 5.82 Å². The summed E-state index contributed by atoms with van der Waals surface area (Å²) in [6, 6.07) is 26.1. The molecule has 0 unspecified atom stereocenters. The van der Waals surface area contributed by atoms with Crippen molar-refractivity contribution in [3.05, 3.63) is 108 Å². The average molecular weight is 440 g/mol. The van der Waals surface area contributed by atoms with Crippen LogP contribution >= 0.6 is 11.3 Å². The molecular weight excluding hydrogens is 421 g/mol. The van der Waals surface area contributed by atoms with E-state index in [2.05, 4.69) is 15.5 Å². The first-order chi connectivity index (χ1) is 15.8. The number of thiazole rings is 1. The molecule has 3 aromatic carbocycles. The maximum Gasteiger partial charge on any atom is 0.203 e. The van der Waals surface area contributed by atoms with Crippen molar-refractivity contribution in [3.8, 4) is 28.2 Å². The zero-order chi connectivity index (χ0) is 21.8.